The molecule has 1 atom stereocenters. The summed E-state index contributed by atoms with van der Waals surface area (Å²) in [5.74, 6) is -0.0452. The molecule has 1 saturated heterocycles. The van der Waals surface area contributed by atoms with E-state index in [0.29, 0.717) is 25.5 Å². The van der Waals surface area contributed by atoms with E-state index < -0.39 is 17.8 Å². The van der Waals surface area contributed by atoms with Crippen LogP contribution in [-0.4, -0.2) is 45.0 Å². The number of hydrogen-bond acceptors (Lipinski definition) is 6. The van der Waals surface area contributed by atoms with Crippen LogP contribution in [0.5, 0.6) is 0 Å². The average Bonchev–Trinajstić information content (AvgIpc) is 3.22. The van der Waals surface area contributed by atoms with Gasteiger partial charge < -0.3 is 10.2 Å². The van der Waals surface area contributed by atoms with Gasteiger partial charge in [-0.15, -0.1) is 0 Å². The van der Waals surface area contributed by atoms with Crippen LogP contribution in [0.25, 0.3) is 11.3 Å². The number of amides is 1. The van der Waals surface area contributed by atoms with E-state index in [9.17, 15) is 18.0 Å². The molecule has 0 saturated carbocycles. The summed E-state index contributed by atoms with van der Waals surface area (Å²) in [5.41, 5.74) is 0.426. The van der Waals surface area contributed by atoms with Gasteiger partial charge >= 0.3 is 6.18 Å². The van der Waals surface area contributed by atoms with Gasteiger partial charge in [0.1, 0.15) is 5.69 Å². The van der Waals surface area contributed by atoms with Crippen molar-refractivity contribution in [2.45, 2.75) is 18.6 Å². The molecule has 30 heavy (non-hydrogen) atoms. The van der Waals surface area contributed by atoms with Crippen LogP contribution in [0.3, 0.4) is 0 Å². The number of aromatic nitrogens is 4. The van der Waals surface area contributed by atoms with Gasteiger partial charge in [0.05, 0.1) is 5.69 Å². The van der Waals surface area contributed by atoms with Gasteiger partial charge in [-0.1, -0.05) is 0 Å². The third kappa shape index (κ3) is 4.37. The molecule has 1 unspecified atom stereocenters. The molecule has 0 spiro atoms. The molecule has 1 N–H and O–H groups in total. The topological polar surface area (TPSA) is 83.9 Å². The second kappa shape index (κ2) is 8.05. The summed E-state index contributed by atoms with van der Waals surface area (Å²) >= 11 is 0. The SMILES string of the molecule is O=C(NC1CCN(c2nccc(-c3cccnc3)n2)C1)c1ccnc(C(F)(F)F)c1. The average molecular weight is 414 g/mol. The number of nitrogens with zero attached hydrogens (tertiary/aromatic N) is 5. The number of rotatable bonds is 4. The molecule has 0 aromatic carbocycles. The Bertz CT molecular complexity index is 1040. The molecule has 7 nitrogen and oxygen atoms in total. The van der Waals surface area contributed by atoms with E-state index >= 15 is 0 Å². The largest absolute Gasteiger partial charge is 0.433 e. The van der Waals surface area contributed by atoms with Crippen molar-refractivity contribution >= 4 is 11.9 Å². The molecule has 0 radical (unpaired) electrons. The van der Waals surface area contributed by atoms with Gasteiger partial charge in [-0.2, -0.15) is 13.2 Å². The molecular formula is C20H17F3N6O. The lowest BCUT2D eigenvalue weighted by Crippen LogP contribution is -2.37. The van der Waals surface area contributed by atoms with Crippen molar-refractivity contribution in [1.82, 2.24) is 25.3 Å². The molecule has 154 valence electrons. The summed E-state index contributed by atoms with van der Waals surface area (Å²) in [6.45, 7) is 1.07. The van der Waals surface area contributed by atoms with E-state index in [4.69, 9.17) is 0 Å². The third-order valence-electron chi connectivity index (χ3n) is 4.72. The molecule has 1 aliphatic heterocycles. The summed E-state index contributed by atoms with van der Waals surface area (Å²) in [7, 11) is 0. The summed E-state index contributed by atoms with van der Waals surface area (Å²) < 4.78 is 38.4. The Morgan fingerprint density at radius 3 is 2.73 bits per heavy atom. The zero-order valence-corrected chi connectivity index (χ0v) is 15.7. The first-order valence-electron chi connectivity index (χ1n) is 9.22. The fourth-order valence-electron chi connectivity index (χ4n) is 3.23. The number of halogens is 3. The standard InChI is InChI=1S/C20H17F3N6O/c21-20(22,23)17-10-13(3-7-25-17)18(30)27-15-5-9-29(12-15)19-26-8-4-16(28-19)14-2-1-6-24-11-14/h1-4,6-8,10-11,15H,5,9,12H2,(H,27,30). The van der Waals surface area contributed by atoms with E-state index in [1.54, 1.807) is 24.7 Å². The highest BCUT2D eigenvalue weighted by atomic mass is 19.4. The Balaban J connectivity index is 1.42. The third-order valence-corrected chi connectivity index (χ3v) is 4.72. The molecule has 1 amide bonds. The Kier molecular flexibility index (Phi) is 5.30. The number of carbonyl (C=O) groups is 1. The predicted octanol–water partition coefficient (Wildman–Crippen LogP) is 2.96. The summed E-state index contributed by atoms with van der Waals surface area (Å²) in [6, 6.07) is 7.29. The van der Waals surface area contributed by atoms with Gasteiger partial charge in [-0.3, -0.25) is 14.8 Å². The van der Waals surface area contributed by atoms with Crippen LogP contribution in [0.4, 0.5) is 19.1 Å². The smallest absolute Gasteiger partial charge is 0.347 e. The van der Waals surface area contributed by atoms with E-state index in [1.165, 1.54) is 6.07 Å². The first-order valence-corrected chi connectivity index (χ1v) is 9.22. The Morgan fingerprint density at radius 2 is 1.97 bits per heavy atom. The van der Waals surface area contributed by atoms with Crippen LogP contribution in [0.1, 0.15) is 22.5 Å². The van der Waals surface area contributed by atoms with Crippen LogP contribution < -0.4 is 10.2 Å². The summed E-state index contributed by atoms with van der Waals surface area (Å²) in [5, 5.41) is 2.78. The summed E-state index contributed by atoms with van der Waals surface area (Å²) in [4.78, 5) is 30.6. The number of nitrogens with one attached hydrogen (secondary N) is 1. The second-order valence-electron chi connectivity index (χ2n) is 6.82. The number of carbonyl (C=O) groups excluding carboxylic acids is 1. The number of pyridine rings is 2. The van der Waals surface area contributed by atoms with Gasteiger partial charge in [0.2, 0.25) is 5.95 Å². The van der Waals surface area contributed by atoms with E-state index in [0.717, 1.165) is 23.5 Å². The maximum Gasteiger partial charge on any atom is 0.433 e. The van der Waals surface area contributed by atoms with Gasteiger partial charge in [-0.05, 0) is 36.8 Å². The van der Waals surface area contributed by atoms with Crippen molar-refractivity contribution in [3.63, 3.8) is 0 Å². The first kappa shape index (κ1) is 19.7. The van der Waals surface area contributed by atoms with Crippen LogP contribution in [0, 0.1) is 0 Å². The molecule has 3 aromatic heterocycles. The Labute approximate surface area is 170 Å². The van der Waals surface area contributed by atoms with Crippen molar-refractivity contribution in [2.75, 3.05) is 18.0 Å². The van der Waals surface area contributed by atoms with Gasteiger partial charge in [0.25, 0.3) is 5.91 Å². The first-order chi connectivity index (χ1) is 14.4. The van der Waals surface area contributed by atoms with Gasteiger partial charge in [0, 0.05) is 55.0 Å². The maximum atomic E-state index is 12.8. The maximum absolute atomic E-state index is 12.8. The van der Waals surface area contributed by atoms with Crippen molar-refractivity contribution in [3.05, 3.63) is 66.4 Å². The Morgan fingerprint density at radius 1 is 1.13 bits per heavy atom. The highest BCUT2D eigenvalue weighted by molar-refractivity contribution is 5.94. The summed E-state index contributed by atoms with van der Waals surface area (Å²) in [6.07, 6.45) is 2.06. The number of alkyl halides is 3. The Hall–Kier alpha value is -3.56. The van der Waals surface area contributed by atoms with Gasteiger partial charge in [0.15, 0.2) is 0 Å². The quantitative estimate of drug-likeness (QED) is 0.707. The molecule has 4 rings (SSSR count). The minimum atomic E-state index is -4.60. The van der Waals surface area contributed by atoms with Crippen LogP contribution in [0.2, 0.25) is 0 Å². The molecule has 10 heteroatoms. The van der Waals surface area contributed by atoms with Crippen molar-refractivity contribution in [1.29, 1.82) is 0 Å². The highest BCUT2D eigenvalue weighted by Crippen LogP contribution is 2.28. The lowest BCUT2D eigenvalue weighted by atomic mass is 10.2. The normalized spacial score (nSPS) is 16.5. The molecule has 0 bridgehead atoms. The fourth-order valence-corrected chi connectivity index (χ4v) is 3.23. The minimum Gasteiger partial charge on any atom is -0.347 e. The molecular weight excluding hydrogens is 397 g/mol. The minimum absolute atomic E-state index is 0.0781. The fraction of sp³-hybridized carbons (Fsp3) is 0.250. The second-order valence-corrected chi connectivity index (χ2v) is 6.82. The zero-order valence-electron chi connectivity index (χ0n) is 15.7. The molecule has 3 aromatic rings. The zero-order chi connectivity index (χ0) is 21.1. The number of anilines is 1. The van der Waals surface area contributed by atoms with E-state index in [-0.39, 0.29) is 11.6 Å². The van der Waals surface area contributed by atoms with Crippen molar-refractivity contribution < 1.29 is 18.0 Å². The van der Waals surface area contributed by atoms with Crippen molar-refractivity contribution in [2.24, 2.45) is 0 Å². The molecule has 0 aliphatic carbocycles. The van der Waals surface area contributed by atoms with E-state index in [2.05, 4.69) is 25.3 Å². The monoisotopic (exact) mass is 414 g/mol. The number of hydrogen-bond donors (Lipinski definition) is 1. The van der Waals surface area contributed by atoms with Crippen LogP contribution >= 0.6 is 0 Å². The predicted molar refractivity (Wildman–Crippen MR) is 103 cm³/mol. The molecule has 1 fully saturated rings. The van der Waals surface area contributed by atoms with Gasteiger partial charge in [-0.25, -0.2) is 9.97 Å². The lowest BCUT2D eigenvalue weighted by molar-refractivity contribution is -0.141. The van der Waals surface area contributed by atoms with E-state index in [1.807, 2.05) is 17.0 Å². The molecule has 1 aliphatic rings. The lowest BCUT2D eigenvalue weighted by Gasteiger charge is -2.17. The van der Waals surface area contributed by atoms with Crippen LogP contribution in [0.15, 0.2) is 55.1 Å². The highest BCUT2D eigenvalue weighted by Gasteiger charge is 2.33. The van der Waals surface area contributed by atoms with Crippen molar-refractivity contribution in [3.8, 4) is 11.3 Å². The van der Waals surface area contributed by atoms with Crippen LogP contribution in [-0.2, 0) is 6.18 Å². The molecule has 4 heterocycles.